The van der Waals surface area contributed by atoms with Crippen molar-refractivity contribution < 1.29 is 33.5 Å². The van der Waals surface area contributed by atoms with Gasteiger partial charge in [0.1, 0.15) is 18.2 Å². The van der Waals surface area contributed by atoms with E-state index in [0.29, 0.717) is 33.2 Å². The first-order valence-electron chi connectivity index (χ1n) is 13.7. The van der Waals surface area contributed by atoms with Gasteiger partial charge in [0.05, 0.1) is 28.2 Å². The van der Waals surface area contributed by atoms with Crippen molar-refractivity contribution in [2.45, 2.75) is 35.6 Å². The molecule has 2 N–H and O–H groups in total. The van der Waals surface area contributed by atoms with Crippen LogP contribution in [0.25, 0.3) is 0 Å². The maximum absolute atomic E-state index is 13.6. The van der Waals surface area contributed by atoms with Crippen LogP contribution < -0.4 is 9.61 Å². The molecule has 7 rings (SSSR count). The molecule has 1 saturated heterocycles. The number of carbonyl (C=O) groups excluding carboxylic acids is 2. The van der Waals surface area contributed by atoms with Gasteiger partial charge in [0.15, 0.2) is 0 Å². The number of ether oxygens (including phenoxy) is 1. The molecular formula is C29H24FN3O8S2. The fourth-order valence-corrected chi connectivity index (χ4v) is 10.5. The van der Waals surface area contributed by atoms with E-state index in [9.17, 15) is 33.7 Å². The van der Waals surface area contributed by atoms with Crippen LogP contribution in [0.5, 0.6) is 5.75 Å². The second-order valence-electron chi connectivity index (χ2n) is 11.3. The number of nitro groups is 1. The molecule has 1 aromatic heterocycles. The Hall–Kier alpha value is -4.04. The molecule has 2 aromatic carbocycles. The zero-order valence-corrected chi connectivity index (χ0v) is 23.9. The number of H-pyrrole nitrogens is 1. The number of likely N-dealkylation sites (tertiary alicyclic amines) is 1. The lowest BCUT2D eigenvalue weighted by molar-refractivity contribution is -0.385. The Morgan fingerprint density at radius 2 is 1.84 bits per heavy atom. The highest BCUT2D eigenvalue weighted by Gasteiger charge is 2.69. The van der Waals surface area contributed by atoms with Gasteiger partial charge in [0.25, 0.3) is 5.69 Å². The third kappa shape index (κ3) is 4.46. The van der Waals surface area contributed by atoms with Crippen molar-refractivity contribution in [1.29, 1.82) is 0 Å². The number of fused-ring (bicyclic) bond motifs is 9. The van der Waals surface area contributed by atoms with Crippen LogP contribution >= 0.6 is 23.1 Å². The van der Waals surface area contributed by atoms with Crippen LogP contribution in [0.3, 0.4) is 0 Å². The molecule has 14 heteroatoms. The standard InChI is InChI=1S/C29H24FN3O8S2/c30-13-3-1-12(2-4-13)11-41-18-6-5-14(33(39)40)9-15(18)20-21-16-10-17(24(21)42-26-25(20)43-29(38)31-26)23-22(16)27(36)32(28(23)37)8-7-19(34)35/h1-6,9,16-17,20-24H,7-8,10-11H2,(H,31,38)(H,34,35)/t16-,17+,20-,21+,22+,23+,24+/m0/s1. The second-order valence-corrected chi connectivity index (χ2v) is 13.5. The number of nitrogens with zero attached hydrogens (tertiary/aromatic N) is 2. The van der Waals surface area contributed by atoms with E-state index in [0.717, 1.165) is 16.2 Å². The largest absolute Gasteiger partial charge is 0.489 e. The maximum atomic E-state index is 13.6. The number of amides is 2. The minimum atomic E-state index is -1.10. The number of aromatic nitrogens is 1. The molecule has 11 nitrogen and oxygen atoms in total. The lowest BCUT2D eigenvalue weighted by atomic mass is 9.68. The first-order chi connectivity index (χ1) is 20.6. The average molecular weight is 626 g/mol. The van der Waals surface area contributed by atoms with Crippen LogP contribution in [0.15, 0.2) is 52.3 Å². The van der Waals surface area contributed by atoms with Gasteiger partial charge in [-0.3, -0.25) is 34.2 Å². The van der Waals surface area contributed by atoms with E-state index in [2.05, 4.69) is 4.98 Å². The van der Waals surface area contributed by atoms with Gasteiger partial charge in [0, 0.05) is 40.3 Å². The van der Waals surface area contributed by atoms with Gasteiger partial charge in [-0.25, -0.2) is 4.39 Å². The number of carboxylic acids is 1. The lowest BCUT2D eigenvalue weighted by Crippen LogP contribution is -2.42. The molecule has 7 atom stereocenters. The monoisotopic (exact) mass is 625 g/mol. The Bertz CT molecular complexity index is 1740. The minimum Gasteiger partial charge on any atom is -0.489 e. The topological polar surface area (TPSA) is 160 Å². The van der Waals surface area contributed by atoms with Crippen molar-refractivity contribution in [3.05, 3.63) is 84.1 Å². The first-order valence-corrected chi connectivity index (χ1v) is 15.4. The second kappa shape index (κ2) is 10.3. The normalized spacial score (nSPS) is 28.5. The molecule has 3 fully saturated rings. The van der Waals surface area contributed by atoms with Gasteiger partial charge in [-0.15, -0.1) is 11.8 Å². The number of nitro benzene ring substituents is 1. The summed E-state index contributed by atoms with van der Waals surface area (Å²) in [7, 11) is 0. The molecule has 0 radical (unpaired) electrons. The number of nitrogens with one attached hydrogen (secondary N) is 1. The van der Waals surface area contributed by atoms with Crippen LogP contribution in [0, 0.1) is 45.5 Å². The Morgan fingerprint density at radius 3 is 2.53 bits per heavy atom. The highest BCUT2D eigenvalue weighted by Crippen LogP contribution is 2.69. The molecule has 2 bridgehead atoms. The summed E-state index contributed by atoms with van der Waals surface area (Å²) in [5.74, 6) is -4.21. The molecular weight excluding hydrogens is 601 g/mol. The van der Waals surface area contributed by atoms with Crippen molar-refractivity contribution in [2.24, 2.45) is 29.6 Å². The fraction of sp³-hybridized carbons (Fsp3) is 0.379. The van der Waals surface area contributed by atoms with Gasteiger partial charge >= 0.3 is 10.8 Å². The number of hydrogen-bond donors (Lipinski definition) is 2. The minimum absolute atomic E-state index is 0.0686. The van der Waals surface area contributed by atoms with E-state index >= 15 is 0 Å². The van der Waals surface area contributed by atoms with Crippen molar-refractivity contribution in [3.63, 3.8) is 0 Å². The molecule has 222 valence electrons. The number of carboxylic acid groups (broad SMARTS) is 1. The molecule has 2 amide bonds. The molecule has 3 aromatic rings. The van der Waals surface area contributed by atoms with E-state index in [-0.39, 0.29) is 65.0 Å². The average Bonchev–Trinajstić information content (AvgIpc) is 3.70. The van der Waals surface area contributed by atoms with Gasteiger partial charge < -0.3 is 14.8 Å². The molecule has 2 saturated carbocycles. The van der Waals surface area contributed by atoms with Gasteiger partial charge in [-0.05, 0) is 47.9 Å². The molecule has 0 spiro atoms. The molecule has 43 heavy (non-hydrogen) atoms. The van der Waals surface area contributed by atoms with E-state index < -0.39 is 34.5 Å². The van der Waals surface area contributed by atoms with Crippen LogP contribution in [-0.2, 0) is 21.0 Å². The SMILES string of the molecule is O=C(O)CCN1C(=O)[C@@H]2[C@H]3C[C@@H]([C@H]4Sc5[nH]c(=O)sc5[C@@H](c5cc([N+](=O)[O-])ccc5OCc5ccc(F)cc5)[C@@H]34)[C@H]2C1=O. The number of thiazole rings is 1. The third-order valence-electron chi connectivity index (χ3n) is 9.21. The van der Waals surface area contributed by atoms with E-state index in [1.54, 1.807) is 12.1 Å². The molecule has 0 unspecified atom stereocenters. The summed E-state index contributed by atoms with van der Waals surface area (Å²) >= 11 is 2.50. The number of halogens is 1. The molecule has 4 aliphatic rings. The predicted molar refractivity (Wildman–Crippen MR) is 151 cm³/mol. The fourth-order valence-electron chi connectivity index (χ4n) is 7.62. The number of hydrogen-bond acceptors (Lipinski definition) is 9. The van der Waals surface area contributed by atoms with Crippen molar-refractivity contribution in [1.82, 2.24) is 9.88 Å². The number of benzene rings is 2. The first kappa shape index (κ1) is 27.8. The highest BCUT2D eigenvalue weighted by atomic mass is 32.2. The van der Waals surface area contributed by atoms with Crippen LogP contribution in [0.4, 0.5) is 10.1 Å². The van der Waals surface area contributed by atoms with E-state index in [1.807, 2.05) is 0 Å². The van der Waals surface area contributed by atoms with Gasteiger partial charge in [0.2, 0.25) is 11.8 Å². The van der Waals surface area contributed by atoms with Crippen LogP contribution in [0.2, 0.25) is 0 Å². The van der Waals surface area contributed by atoms with E-state index in [4.69, 9.17) is 9.84 Å². The van der Waals surface area contributed by atoms with Crippen molar-refractivity contribution in [3.8, 4) is 5.75 Å². The Balaban J connectivity index is 1.30. The van der Waals surface area contributed by atoms with Gasteiger partial charge in [-0.2, -0.15) is 0 Å². The summed E-state index contributed by atoms with van der Waals surface area (Å²) < 4.78 is 19.6. The Kier molecular flexibility index (Phi) is 6.65. The number of thioether (sulfide) groups is 1. The maximum Gasteiger partial charge on any atom is 0.305 e. The van der Waals surface area contributed by atoms with Crippen molar-refractivity contribution in [2.75, 3.05) is 6.54 Å². The number of carbonyl (C=O) groups is 3. The zero-order valence-electron chi connectivity index (χ0n) is 22.3. The predicted octanol–water partition coefficient (Wildman–Crippen LogP) is 4.01. The number of rotatable bonds is 8. The summed E-state index contributed by atoms with van der Waals surface area (Å²) in [5, 5.41) is 21.5. The van der Waals surface area contributed by atoms with Gasteiger partial charge in [-0.1, -0.05) is 23.5 Å². The molecule has 2 aliphatic heterocycles. The molecule has 2 aliphatic carbocycles. The summed E-state index contributed by atoms with van der Waals surface area (Å²) in [6.07, 6.45) is 0.274. The highest BCUT2D eigenvalue weighted by molar-refractivity contribution is 8.00. The summed E-state index contributed by atoms with van der Waals surface area (Å²) in [6, 6.07) is 10.1. The zero-order chi connectivity index (χ0) is 30.2. The van der Waals surface area contributed by atoms with E-state index in [1.165, 1.54) is 42.1 Å². The number of non-ortho nitro benzene ring substituents is 1. The Morgan fingerprint density at radius 1 is 1.12 bits per heavy atom. The summed E-state index contributed by atoms with van der Waals surface area (Å²) in [6.45, 7) is -0.114. The smallest absolute Gasteiger partial charge is 0.305 e. The third-order valence-corrected chi connectivity index (χ3v) is 11.8. The van der Waals surface area contributed by atoms with Crippen LogP contribution in [-0.4, -0.2) is 49.5 Å². The molecule has 3 heterocycles. The number of aliphatic carboxylic acids is 1. The number of imide groups is 1. The quantitative estimate of drug-likeness (QED) is 0.214. The number of aromatic amines is 1. The Labute approximate surface area is 251 Å². The summed E-state index contributed by atoms with van der Waals surface area (Å²) in [4.78, 5) is 66.6. The summed E-state index contributed by atoms with van der Waals surface area (Å²) in [5.41, 5.74) is 1.04. The van der Waals surface area contributed by atoms with Crippen molar-refractivity contribution >= 4 is 46.6 Å². The lowest BCUT2D eigenvalue weighted by Gasteiger charge is -2.43. The van der Waals surface area contributed by atoms with Crippen LogP contribution in [0.1, 0.15) is 34.8 Å².